The van der Waals surface area contributed by atoms with Gasteiger partial charge in [0.1, 0.15) is 0 Å². The summed E-state index contributed by atoms with van der Waals surface area (Å²) in [6.45, 7) is 0. The van der Waals surface area contributed by atoms with Gasteiger partial charge in [0.2, 0.25) is 0 Å². The summed E-state index contributed by atoms with van der Waals surface area (Å²) in [5, 5.41) is 5.45. The first-order valence-electron chi connectivity index (χ1n) is 5.82. The van der Waals surface area contributed by atoms with Gasteiger partial charge in [0, 0.05) is 5.56 Å². The maximum atomic E-state index is 13.1. The van der Waals surface area contributed by atoms with Crippen LogP contribution in [0, 0.1) is 0 Å². The summed E-state index contributed by atoms with van der Waals surface area (Å²) in [6.07, 6.45) is -4.54. The number of hydrogen-bond donors (Lipinski definition) is 0. The van der Waals surface area contributed by atoms with Gasteiger partial charge >= 0.3 is 6.30 Å². The molecule has 0 aliphatic carbocycles. The fourth-order valence-electron chi connectivity index (χ4n) is 1.92. The van der Waals surface area contributed by atoms with Gasteiger partial charge in [-0.25, -0.2) is 0 Å². The zero-order valence-electron chi connectivity index (χ0n) is 10.1. The van der Waals surface area contributed by atoms with E-state index in [4.69, 9.17) is 0 Å². The third-order valence-corrected chi connectivity index (χ3v) is 3.69. The van der Waals surface area contributed by atoms with Gasteiger partial charge in [0.15, 0.2) is 0 Å². The van der Waals surface area contributed by atoms with Crippen LogP contribution in [0.4, 0.5) is 13.2 Å². The van der Waals surface area contributed by atoms with Gasteiger partial charge in [-0.2, -0.15) is 9.78 Å². The minimum atomic E-state index is -4.54. The van der Waals surface area contributed by atoms with Gasteiger partial charge in [-0.3, -0.25) is 0 Å². The Balaban J connectivity index is 2.17. The van der Waals surface area contributed by atoms with Crippen LogP contribution in [0.15, 0.2) is 53.9 Å². The van der Waals surface area contributed by atoms with Crippen molar-refractivity contribution in [1.29, 1.82) is 0 Å². The van der Waals surface area contributed by atoms with Crippen molar-refractivity contribution in [3.05, 3.63) is 53.9 Å². The van der Waals surface area contributed by atoms with E-state index in [0.29, 0.717) is 16.1 Å². The molecule has 0 aliphatic heterocycles. The Morgan fingerprint density at radius 2 is 1.75 bits per heavy atom. The predicted octanol–water partition coefficient (Wildman–Crippen LogP) is 4.75. The average Bonchev–Trinajstić information content (AvgIpc) is 3.08. The van der Waals surface area contributed by atoms with E-state index in [1.54, 1.807) is 41.8 Å². The standard InChI is InChI=1S/C14H9F3N2S/c15-14(16,17)19-12(13-7-4-8-20-13)9-11(18-19)10-5-2-1-3-6-10/h1-9H. The monoisotopic (exact) mass is 294 g/mol. The van der Waals surface area contributed by atoms with Crippen LogP contribution in [0.25, 0.3) is 21.8 Å². The minimum absolute atomic E-state index is 0.0614. The Kier molecular flexibility index (Phi) is 3.10. The molecule has 0 saturated heterocycles. The van der Waals surface area contributed by atoms with E-state index >= 15 is 0 Å². The molecule has 0 N–H and O–H groups in total. The molecule has 1 aromatic carbocycles. The summed E-state index contributed by atoms with van der Waals surface area (Å²) in [6, 6.07) is 13.7. The SMILES string of the molecule is FC(F)(F)n1nc(-c2ccccc2)cc1-c1cccs1. The van der Waals surface area contributed by atoms with Crippen LogP contribution in [-0.4, -0.2) is 9.78 Å². The quantitative estimate of drug-likeness (QED) is 0.666. The number of halogens is 3. The highest BCUT2D eigenvalue weighted by molar-refractivity contribution is 7.13. The number of thiophene rings is 1. The molecule has 2 aromatic heterocycles. The molecule has 0 saturated carbocycles. The number of rotatable bonds is 2. The maximum Gasteiger partial charge on any atom is 0.505 e. The molecule has 0 atom stereocenters. The molecule has 0 bridgehead atoms. The van der Waals surface area contributed by atoms with Crippen molar-refractivity contribution < 1.29 is 13.2 Å². The minimum Gasteiger partial charge on any atom is -0.170 e. The van der Waals surface area contributed by atoms with Gasteiger partial charge < -0.3 is 0 Å². The molecule has 0 spiro atoms. The van der Waals surface area contributed by atoms with Crippen LogP contribution in [0.5, 0.6) is 0 Å². The third kappa shape index (κ3) is 2.34. The number of alkyl halides is 3. The van der Waals surface area contributed by atoms with Gasteiger partial charge in [-0.1, -0.05) is 36.4 Å². The zero-order chi connectivity index (χ0) is 14.2. The fourth-order valence-corrected chi connectivity index (χ4v) is 2.65. The first-order chi connectivity index (χ1) is 9.55. The Bertz CT molecular complexity index is 700. The summed E-state index contributed by atoms with van der Waals surface area (Å²) in [4.78, 5) is 0.539. The summed E-state index contributed by atoms with van der Waals surface area (Å²) in [5.74, 6) is 0. The lowest BCUT2D eigenvalue weighted by Gasteiger charge is -2.09. The fraction of sp³-hybridized carbons (Fsp3) is 0.0714. The van der Waals surface area contributed by atoms with E-state index in [-0.39, 0.29) is 10.4 Å². The number of benzene rings is 1. The van der Waals surface area contributed by atoms with Crippen LogP contribution >= 0.6 is 11.3 Å². The van der Waals surface area contributed by atoms with E-state index in [2.05, 4.69) is 5.10 Å². The van der Waals surface area contributed by atoms with E-state index < -0.39 is 6.30 Å². The average molecular weight is 294 g/mol. The summed E-state index contributed by atoms with van der Waals surface area (Å²) >= 11 is 1.25. The second kappa shape index (κ2) is 4.79. The van der Waals surface area contributed by atoms with Crippen molar-refractivity contribution >= 4 is 11.3 Å². The van der Waals surface area contributed by atoms with Crippen molar-refractivity contribution in [2.75, 3.05) is 0 Å². The first-order valence-corrected chi connectivity index (χ1v) is 6.70. The number of hydrogen-bond acceptors (Lipinski definition) is 2. The molecule has 3 aromatic rings. The van der Waals surface area contributed by atoms with E-state index in [0.717, 1.165) is 0 Å². The van der Waals surface area contributed by atoms with Gasteiger partial charge in [0.05, 0.1) is 16.3 Å². The molecule has 2 nitrogen and oxygen atoms in total. The Morgan fingerprint density at radius 1 is 1.00 bits per heavy atom. The molecular weight excluding hydrogens is 285 g/mol. The highest BCUT2D eigenvalue weighted by Crippen LogP contribution is 2.34. The van der Waals surface area contributed by atoms with Crippen LogP contribution in [0.3, 0.4) is 0 Å². The highest BCUT2D eigenvalue weighted by Gasteiger charge is 2.35. The smallest absolute Gasteiger partial charge is 0.170 e. The molecule has 0 unspecified atom stereocenters. The summed E-state index contributed by atoms with van der Waals surface area (Å²) < 4.78 is 39.3. The van der Waals surface area contributed by atoms with Crippen molar-refractivity contribution in [1.82, 2.24) is 9.78 Å². The highest BCUT2D eigenvalue weighted by atomic mass is 32.1. The second-order valence-electron chi connectivity index (χ2n) is 4.14. The van der Waals surface area contributed by atoms with Gasteiger partial charge in [0.25, 0.3) is 0 Å². The number of aromatic nitrogens is 2. The Labute approximate surface area is 117 Å². The van der Waals surface area contributed by atoms with Crippen molar-refractivity contribution in [3.63, 3.8) is 0 Å². The molecule has 0 fully saturated rings. The van der Waals surface area contributed by atoms with E-state index in [1.807, 2.05) is 6.07 Å². The lowest BCUT2D eigenvalue weighted by Crippen LogP contribution is -2.19. The lowest BCUT2D eigenvalue weighted by atomic mass is 10.1. The van der Waals surface area contributed by atoms with Gasteiger partial charge in [-0.15, -0.1) is 24.5 Å². The summed E-state index contributed by atoms with van der Waals surface area (Å²) in [5.41, 5.74) is 1.03. The van der Waals surface area contributed by atoms with E-state index in [1.165, 1.54) is 17.4 Å². The third-order valence-electron chi connectivity index (χ3n) is 2.79. The second-order valence-corrected chi connectivity index (χ2v) is 5.09. The molecule has 0 amide bonds. The van der Waals surface area contributed by atoms with Crippen LogP contribution in [-0.2, 0) is 6.30 Å². The lowest BCUT2D eigenvalue weighted by molar-refractivity contribution is -0.210. The predicted molar refractivity (Wildman–Crippen MR) is 72.3 cm³/mol. The molecule has 20 heavy (non-hydrogen) atoms. The van der Waals surface area contributed by atoms with Crippen molar-refractivity contribution in [3.8, 4) is 21.8 Å². The largest absolute Gasteiger partial charge is 0.505 e. The van der Waals surface area contributed by atoms with Crippen LogP contribution in [0.2, 0.25) is 0 Å². The number of nitrogens with zero attached hydrogens (tertiary/aromatic N) is 2. The maximum absolute atomic E-state index is 13.1. The van der Waals surface area contributed by atoms with Crippen LogP contribution < -0.4 is 0 Å². The Hall–Kier alpha value is -2.08. The molecule has 3 rings (SSSR count). The van der Waals surface area contributed by atoms with Crippen molar-refractivity contribution in [2.45, 2.75) is 6.30 Å². The normalized spacial score (nSPS) is 11.8. The first kappa shape index (κ1) is 12.9. The molecule has 0 aliphatic rings. The van der Waals surface area contributed by atoms with E-state index in [9.17, 15) is 13.2 Å². The van der Waals surface area contributed by atoms with Crippen LogP contribution in [0.1, 0.15) is 0 Å². The van der Waals surface area contributed by atoms with Crippen molar-refractivity contribution in [2.24, 2.45) is 0 Å². The van der Waals surface area contributed by atoms with Gasteiger partial charge in [-0.05, 0) is 17.5 Å². The molecular formula is C14H9F3N2S. The molecule has 2 heterocycles. The molecule has 102 valence electrons. The summed E-state index contributed by atoms with van der Waals surface area (Å²) in [7, 11) is 0. The molecule has 0 radical (unpaired) electrons. The zero-order valence-corrected chi connectivity index (χ0v) is 10.9. The molecule has 6 heteroatoms. The topological polar surface area (TPSA) is 17.8 Å². The Morgan fingerprint density at radius 3 is 2.35 bits per heavy atom.